The second-order valence-electron chi connectivity index (χ2n) is 7.54. The Hall–Kier alpha value is -3.58. The van der Waals surface area contributed by atoms with E-state index in [9.17, 15) is 9.59 Å². The molecule has 3 aromatic heterocycles. The first kappa shape index (κ1) is 19.4. The molecule has 156 valence electrons. The first-order valence-corrected chi connectivity index (χ1v) is 10.3. The number of imidazole rings is 2. The molecule has 0 saturated carbocycles. The molecule has 0 aliphatic heterocycles. The summed E-state index contributed by atoms with van der Waals surface area (Å²) in [5.41, 5.74) is 3.88. The molecule has 5 rings (SSSR count). The molecule has 3 heterocycles. The van der Waals surface area contributed by atoms with Crippen molar-refractivity contribution >= 4 is 28.5 Å². The maximum atomic E-state index is 13.0. The van der Waals surface area contributed by atoms with Crippen LogP contribution < -0.4 is 11.2 Å². The smallest absolute Gasteiger partial charge is 0.279 e. The normalized spacial score (nSPS) is 11.6. The van der Waals surface area contributed by atoms with E-state index in [2.05, 4.69) is 31.2 Å². The monoisotopic (exact) mass is 433 g/mol. The Kier molecular flexibility index (Phi) is 4.37. The highest BCUT2D eigenvalue weighted by Gasteiger charge is 2.21. The molecule has 0 aliphatic rings. The molecule has 0 bridgehead atoms. The van der Waals surface area contributed by atoms with E-state index < -0.39 is 5.69 Å². The molecule has 5 aromatic rings. The van der Waals surface area contributed by atoms with Crippen molar-refractivity contribution in [1.29, 1.82) is 0 Å². The third-order valence-corrected chi connectivity index (χ3v) is 5.96. The second-order valence-corrected chi connectivity index (χ2v) is 7.97. The Bertz CT molecular complexity index is 1570. The minimum atomic E-state index is -0.410. The molecule has 0 fully saturated rings. The van der Waals surface area contributed by atoms with Crippen LogP contribution >= 0.6 is 11.6 Å². The van der Waals surface area contributed by atoms with E-state index in [1.165, 1.54) is 17.2 Å². The summed E-state index contributed by atoms with van der Waals surface area (Å²) in [4.78, 5) is 30.1. The van der Waals surface area contributed by atoms with Gasteiger partial charge in [-0.15, -0.1) is 0 Å². The van der Waals surface area contributed by atoms with Crippen LogP contribution in [0.2, 0.25) is 5.02 Å². The first-order chi connectivity index (χ1) is 14.9. The van der Waals surface area contributed by atoms with E-state index in [0.717, 1.165) is 27.9 Å². The van der Waals surface area contributed by atoms with Crippen LogP contribution in [-0.2, 0) is 20.5 Å². The van der Waals surface area contributed by atoms with E-state index in [4.69, 9.17) is 16.6 Å². The van der Waals surface area contributed by atoms with Gasteiger partial charge in [0.05, 0.1) is 5.69 Å². The summed E-state index contributed by atoms with van der Waals surface area (Å²) >= 11 is 6.11. The number of fused-ring (bicyclic) bond motifs is 3. The zero-order valence-electron chi connectivity index (χ0n) is 17.3. The number of halogens is 1. The summed E-state index contributed by atoms with van der Waals surface area (Å²) in [6, 6.07) is 15.8. The zero-order valence-corrected chi connectivity index (χ0v) is 18.1. The molecule has 0 aliphatic carbocycles. The lowest BCUT2D eigenvalue weighted by Gasteiger charge is -2.10. The van der Waals surface area contributed by atoms with Gasteiger partial charge in [-0.2, -0.15) is 4.98 Å². The molecule has 0 spiro atoms. The topological polar surface area (TPSA) is 66.2 Å². The van der Waals surface area contributed by atoms with Gasteiger partial charge < -0.3 is 0 Å². The van der Waals surface area contributed by atoms with Gasteiger partial charge in [-0.3, -0.25) is 22.9 Å². The largest absolute Gasteiger partial charge is 0.332 e. The van der Waals surface area contributed by atoms with Crippen LogP contribution in [0.4, 0.5) is 0 Å². The van der Waals surface area contributed by atoms with E-state index in [1.54, 1.807) is 11.4 Å². The minimum absolute atomic E-state index is 0.346. The molecule has 8 heteroatoms. The Morgan fingerprint density at radius 3 is 2.26 bits per heavy atom. The average molecular weight is 434 g/mol. The number of aryl methyl sites for hydroxylation is 2. The van der Waals surface area contributed by atoms with E-state index in [-0.39, 0.29) is 5.56 Å². The third kappa shape index (κ3) is 2.84. The van der Waals surface area contributed by atoms with Crippen LogP contribution in [0.1, 0.15) is 12.5 Å². The van der Waals surface area contributed by atoms with E-state index in [0.29, 0.717) is 22.0 Å². The van der Waals surface area contributed by atoms with Gasteiger partial charge in [0.2, 0.25) is 5.78 Å². The molecular weight excluding hydrogens is 414 g/mol. The maximum absolute atomic E-state index is 13.0. The molecule has 0 radical (unpaired) electrons. The second kappa shape index (κ2) is 6.99. The first-order valence-electron chi connectivity index (χ1n) is 9.95. The van der Waals surface area contributed by atoms with Crippen molar-refractivity contribution in [2.24, 2.45) is 14.1 Å². The fourth-order valence-electron chi connectivity index (χ4n) is 3.93. The van der Waals surface area contributed by atoms with Crippen LogP contribution in [0, 0.1) is 0 Å². The van der Waals surface area contributed by atoms with Gasteiger partial charge in [-0.1, -0.05) is 42.8 Å². The van der Waals surface area contributed by atoms with Gasteiger partial charge >= 0.3 is 5.69 Å². The van der Waals surface area contributed by atoms with Crippen molar-refractivity contribution in [2.75, 3.05) is 0 Å². The third-order valence-electron chi connectivity index (χ3n) is 5.71. The predicted octanol–water partition coefficient (Wildman–Crippen LogP) is 3.56. The molecule has 0 N–H and O–H groups in total. The van der Waals surface area contributed by atoms with Gasteiger partial charge in [0.1, 0.15) is 0 Å². The molecular formula is C23H20ClN5O2. The van der Waals surface area contributed by atoms with Gasteiger partial charge in [-0.05, 0) is 36.2 Å². The van der Waals surface area contributed by atoms with Crippen LogP contribution in [0.15, 0.2) is 64.3 Å². The summed E-state index contributed by atoms with van der Waals surface area (Å²) in [6.45, 7) is 2.12. The molecule has 0 amide bonds. The molecule has 7 nitrogen and oxygen atoms in total. The molecule has 0 unspecified atom stereocenters. The Labute approximate surface area is 182 Å². The van der Waals surface area contributed by atoms with Crippen molar-refractivity contribution in [3.05, 3.63) is 86.2 Å². The maximum Gasteiger partial charge on any atom is 0.332 e. The number of rotatable bonds is 3. The average Bonchev–Trinajstić information content (AvgIpc) is 3.33. The van der Waals surface area contributed by atoms with Crippen molar-refractivity contribution in [3.8, 4) is 16.9 Å². The molecule has 0 saturated heterocycles. The van der Waals surface area contributed by atoms with Crippen molar-refractivity contribution in [2.45, 2.75) is 13.3 Å². The molecule has 0 atom stereocenters. The summed E-state index contributed by atoms with van der Waals surface area (Å²) in [6.07, 6.45) is 2.85. The van der Waals surface area contributed by atoms with Crippen molar-refractivity contribution in [3.63, 3.8) is 0 Å². The van der Waals surface area contributed by atoms with Gasteiger partial charge in [-0.25, -0.2) is 4.79 Å². The van der Waals surface area contributed by atoms with Gasteiger partial charge in [0.25, 0.3) is 5.56 Å². The number of hydrogen-bond acceptors (Lipinski definition) is 3. The zero-order chi connectivity index (χ0) is 21.9. The van der Waals surface area contributed by atoms with Crippen LogP contribution in [0.5, 0.6) is 0 Å². The highest BCUT2D eigenvalue weighted by atomic mass is 35.5. The molecule has 2 aromatic carbocycles. The lowest BCUT2D eigenvalue weighted by atomic mass is 10.1. The summed E-state index contributed by atoms with van der Waals surface area (Å²) in [5, 5.41) is 0.630. The fraction of sp³-hybridized carbons (Fsp3) is 0.174. The number of aromatic nitrogens is 5. The van der Waals surface area contributed by atoms with Crippen LogP contribution in [0.25, 0.3) is 33.9 Å². The fourth-order valence-corrected chi connectivity index (χ4v) is 4.06. The number of benzene rings is 2. The van der Waals surface area contributed by atoms with Crippen molar-refractivity contribution in [1.82, 2.24) is 23.1 Å². The van der Waals surface area contributed by atoms with Crippen LogP contribution in [0.3, 0.4) is 0 Å². The summed E-state index contributed by atoms with van der Waals surface area (Å²) in [5.74, 6) is 0.546. The summed E-state index contributed by atoms with van der Waals surface area (Å²) < 4.78 is 6.23. The predicted molar refractivity (Wildman–Crippen MR) is 122 cm³/mol. The van der Waals surface area contributed by atoms with Gasteiger partial charge in [0, 0.05) is 36.6 Å². The van der Waals surface area contributed by atoms with Crippen molar-refractivity contribution < 1.29 is 0 Å². The van der Waals surface area contributed by atoms with E-state index in [1.807, 2.05) is 35.0 Å². The minimum Gasteiger partial charge on any atom is -0.279 e. The number of nitrogens with zero attached hydrogens (tertiary/aromatic N) is 5. The van der Waals surface area contributed by atoms with E-state index >= 15 is 0 Å². The molecule has 31 heavy (non-hydrogen) atoms. The van der Waals surface area contributed by atoms with Crippen LogP contribution in [-0.4, -0.2) is 23.1 Å². The quantitative estimate of drug-likeness (QED) is 0.437. The lowest BCUT2D eigenvalue weighted by molar-refractivity contribution is 0.708. The van der Waals surface area contributed by atoms with Gasteiger partial charge in [0.15, 0.2) is 11.2 Å². The summed E-state index contributed by atoms with van der Waals surface area (Å²) in [7, 11) is 3.09. The Morgan fingerprint density at radius 1 is 0.935 bits per heavy atom. The Morgan fingerprint density at radius 2 is 1.61 bits per heavy atom. The SMILES string of the molecule is CCc1ccc(-c2cn3c4c(=O)n(C)c(=O)n(C)c4nc3n2-c2ccc(Cl)cc2)cc1. The number of hydrogen-bond donors (Lipinski definition) is 0. The Balaban J connectivity index is 1.92. The standard InChI is InChI=1S/C23H20ClN5O2/c1-4-14-5-7-15(8-6-14)18-13-28-19-20(26(2)23(31)27(3)21(19)30)25-22(28)29(18)17-11-9-16(24)10-12-17/h5-13H,4H2,1-3H3. The highest BCUT2D eigenvalue weighted by molar-refractivity contribution is 6.30. The lowest BCUT2D eigenvalue weighted by Crippen LogP contribution is -2.37. The highest BCUT2D eigenvalue weighted by Crippen LogP contribution is 2.29.